The topological polar surface area (TPSA) is 58.2 Å². The lowest BCUT2D eigenvalue weighted by atomic mass is 9.96. The van der Waals surface area contributed by atoms with Gasteiger partial charge in [-0.15, -0.1) is 0 Å². The minimum Gasteiger partial charge on any atom is -0.356 e. The van der Waals surface area contributed by atoms with E-state index < -0.39 is 11.7 Å². The van der Waals surface area contributed by atoms with E-state index >= 15 is 0 Å². The van der Waals surface area contributed by atoms with Crippen molar-refractivity contribution < 1.29 is 14.0 Å². The summed E-state index contributed by atoms with van der Waals surface area (Å²) in [4.78, 5) is 23.2. The fourth-order valence-electron chi connectivity index (χ4n) is 1.86. The van der Waals surface area contributed by atoms with Crippen LogP contribution in [0.15, 0.2) is 16.6 Å². The third kappa shape index (κ3) is 3.25. The van der Waals surface area contributed by atoms with Crippen molar-refractivity contribution in [1.29, 1.82) is 0 Å². The average molecular weight is 350 g/mol. The second-order valence-electron chi connectivity index (χ2n) is 4.25. The van der Waals surface area contributed by atoms with Gasteiger partial charge in [0.05, 0.1) is 10.7 Å². The minimum absolute atomic E-state index is 0.0178. The standard InChI is InChI=1S/C12H11BrClFN2O2/c13-7-1-2-8(11(15)10(7)14)17-12(19)6-3-4-16-9(18)5-6/h1-2,6H,3-5H2,(H,16,18)(H,17,19). The molecule has 7 heteroatoms. The molecule has 1 aromatic rings. The first-order valence-corrected chi connectivity index (χ1v) is 6.87. The third-order valence-corrected chi connectivity index (χ3v) is 4.17. The van der Waals surface area contributed by atoms with E-state index in [-0.39, 0.29) is 28.9 Å². The largest absolute Gasteiger partial charge is 0.356 e. The average Bonchev–Trinajstić information content (AvgIpc) is 2.39. The molecule has 0 radical (unpaired) electrons. The van der Waals surface area contributed by atoms with Crippen LogP contribution in [0.3, 0.4) is 0 Å². The Labute approximate surface area is 122 Å². The molecule has 1 aliphatic rings. The summed E-state index contributed by atoms with van der Waals surface area (Å²) in [5.74, 6) is -1.66. The molecule has 0 saturated carbocycles. The fourth-order valence-corrected chi connectivity index (χ4v) is 2.34. The van der Waals surface area contributed by atoms with Crippen molar-refractivity contribution >= 4 is 45.0 Å². The molecule has 4 nitrogen and oxygen atoms in total. The number of hydrogen-bond donors (Lipinski definition) is 2. The quantitative estimate of drug-likeness (QED) is 0.807. The Morgan fingerprint density at radius 2 is 2.26 bits per heavy atom. The van der Waals surface area contributed by atoms with Gasteiger partial charge in [-0.3, -0.25) is 9.59 Å². The van der Waals surface area contributed by atoms with Crippen LogP contribution in [0.4, 0.5) is 10.1 Å². The summed E-state index contributed by atoms with van der Waals surface area (Å²) in [5.41, 5.74) is 0.0178. The van der Waals surface area contributed by atoms with Crippen LogP contribution < -0.4 is 10.6 Å². The molecule has 19 heavy (non-hydrogen) atoms. The maximum absolute atomic E-state index is 13.8. The van der Waals surface area contributed by atoms with Gasteiger partial charge in [0.25, 0.3) is 0 Å². The molecule has 1 fully saturated rings. The summed E-state index contributed by atoms with van der Waals surface area (Å²) in [6.45, 7) is 0.459. The third-order valence-electron chi connectivity index (χ3n) is 2.91. The van der Waals surface area contributed by atoms with E-state index in [0.29, 0.717) is 17.4 Å². The highest BCUT2D eigenvalue weighted by Gasteiger charge is 2.26. The number of hydrogen-bond acceptors (Lipinski definition) is 2. The van der Waals surface area contributed by atoms with Crippen LogP contribution >= 0.6 is 27.5 Å². The summed E-state index contributed by atoms with van der Waals surface area (Å²) >= 11 is 8.83. The van der Waals surface area contributed by atoms with Gasteiger partial charge in [0.15, 0.2) is 5.82 Å². The zero-order valence-electron chi connectivity index (χ0n) is 9.80. The van der Waals surface area contributed by atoms with Crippen LogP contribution in [0.1, 0.15) is 12.8 Å². The van der Waals surface area contributed by atoms with Gasteiger partial charge < -0.3 is 10.6 Å². The number of halogens is 3. The van der Waals surface area contributed by atoms with E-state index in [1.54, 1.807) is 6.07 Å². The van der Waals surface area contributed by atoms with Gasteiger partial charge in [0, 0.05) is 23.4 Å². The van der Waals surface area contributed by atoms with Crippen molar-refractivity contribution in [3.8, 4) is 0 Å². The predicted molar refractivity (Wildman–Crippen MR) is 73.5 cm³/mol. The first-order valence-electron chi connectivity index (χ1n) is 5.70. The number of benzene rings is 1. The molecule has 0 aromatic heterocycles. The lowest BCUT2D eigenvalue weighted by Crippen LogP contribution is -2.38. The van der Waals surface area contributed by atoms with Crippen LogP contribution in [0.5, 0.6) is 0 Å². The summed E-state index contributed by atoms with van der Waals surface area (Å²) in [6, 6.07) is 2.97. The van der Waals surface area contributed by atoms with E-state index in [9.17, 15) is 14.0 Å². The lowest BCUT2D eigenvalue weighted by molar-refractivity contribution is -0.129. The first kappa shape index (κ1) is 14.3. The molecule has 2 rings (SSSR count). The Balaban J connectivity index is 2.11. The zero-order valence-corrected chi connectivity index (χ0v) is 12.1. The van der Waals surface area contributed by atoms with Crippen molar-refractivity contribution in [2.75, 3.05) is 11.9 Å². The lowest BCUT2D eigenvalue weighted by Gasteiger charge is -2.21. The van der Waals surface area contributed by atoms with Crippen molar-refractivity contribution in [3.05, 3.63) is 27.4 Å². The summed E-state index contributed by atoms with van der Waals surface area (Å²) in [6.07, 6.45) is 0.668. The Hall–Kier alpha value is -1.14. The molecule has 1 unspecified atom stereocenters. The monoisotopic (exact) mass is 348 g/mol. The van der Waals surface area contributed by atoms with Crippen LogP contribution in [0.2, 0.25) is 5.02 Å². The van der Waals surface area contributed by atoms with E-state index in [0.717, 1.165) is 0 Å². The molecule has 1 aliphatic heterocycles. The van der Waals surface area contributed by atoms with Crippen LogP contribution in [-0.4, -0.2) is 18.4 Å². The number of amides is 2. The van der Waals surface area contributed by atoms with Gasteiger partial charge in [-0.1, -0.05) is 11.6 Å². The van der Waals surface area contributed by atoms with E-state index in [4.69, 9.17) is 11.6 Å². The second kappa shape index (κ2) is 5.88. The van der Waals surface area contributed by atoms with Crippen LogP contribution in [0.25, 0.3) is 0 Å². The van der Waals surface area contributed by atoms with Gasteiger partial charge in [-0.2, -0.15) is 0 Å². The maximum atomic E-state index is 13.8. The first-order chi connectivity index (χ1) is 8.99. The number of nitrogens with one attached hydrogen (secondary N) is 2. The highest BCUT2D eigenvalue weighted by atomic mass is 79.9. The smallest absolute Gasteiger partial charge is 0.228 e. The number of rotatable bonds is 2. The summed E-state index contributed by atoms with van der Waals surface area (Å²) < 4.78 is 14.2. The normalized spacial score (nSPS) is 18.9. The minimum atomic E-state index is -0.690. The molecule has 0 aliphatic carbocycles. The molecule has 2 N–H and O–H groups in total. The molecule has 0 bridgehead atoms. The Morgan fingerprint density at radius 1 is 1.53 bits per heavy atom. The Kier molecular flexibility index (Phi) is 4.42. The van der Waals surface area contributed by atoms with Crippen molar-refractivity contribution in [3.63, 3.8) is 0 Å². The van der Waals surface area contributed by atoms with Crippen LogP contribution in [0, 0.1) is 11.7 Å². The maximum Gasteiger partial charge on any atom is 0.228 e. The van der Waals surface area contributed by atoms with Gasteiger partial charge in [0.2, 0.25) is 11.8 Å². The van der Waals surface area contributed by atoms with E-state index in [1.165, 1.54) is 6.07 Å². The second-order valence-corrected chi connectivity index (χ2v) is 5.48. The van der Waals surface area contributed by atoms with E-state index in [2.05, 4.69) is 26.6 Å². The highest BCUT2D eigenvalue weighted by Crippen LogP contribution is 2.30. The number of piperidine rings is 1. The molecule has 1 atom stereocenters. The van der Waals surface area contributed by atoms with Gasteiger partial charge in [0.1, 0.15) is 0 Å². The number of carbonyl (C=O) groups is 2. The molecule has 1 aromatic carbocycles. The number of anilines is 1. The molecule has 1 saturated heterocycles. The van der Waals surface area contributed by atoms with Crippen molar-refractivity contribution in [1.82, 2.24) is 5.32 Å². The Morgan fingerprint density at radius 3 is 2.95 bits per heavy atom. The Bertz CT molecular complexity index is 539. The zero-order chi connectivity index (χ0) is 14.0. The summed E-state index contributed by atoms with van der Waals surface area (Å²) in [7, 11) is 0. The molecule has 2 amide bonds. The van der Waals surface area contributed by atoms with Crippen molar-refractivity contribution in [2.24, 2.45) is 5.92 Å². The molecule has 1 heterocycles. The molecule has 102 valence electrons. The molecular formula is C12H11BrClFN2O2. The van der Waals surface area contributed by atoms with Gasteiger partial charge >= 0.3 is 0 Å². The fraction of sp³-hybridized carbons (Fsp3) is 0.333. The highest BCUT2D eigenvalue weighted by molar-refractivity contribution is 9.10. The summed E-state index contributed by atoms with van der Waals surface area (Å²) in [5, 5.41) is 5.02. The van der Waals surface area contributed by atoms with Gasteiger partial charge in [-0.05, 0) is 34.5 Å². The predicted octanol–water partition coefficient (Wildman–Crippen LogP) is 2.71. The SMILES string of the molecule is O=C1CC(C(=O)Nc2ccc(Br)c(Cl)c2F)CCN1. The van der Waals surface area contributed by atoms with Gasteiger partial charge in [-0.25, -0.2) is 4.39 Å². The van der Waals surface area contributed by atoms with Crippen LogP contribution in [-0.2, 0) is 9.59 Å². The van der Waals surface area contributed by atoms with Crippen molar-refractivity contribution in [2.45, 2.75) is 12.8 Å². The molecular weight excluding hydrogens is 338 g/mol. The van der Waals surface area contributed by atoms with E-state index in [1.807, 2.05) is 0 Å². The molecule has 0 spiro atoms. The number of carbonyl (C=O) groups excluding carboxylic acids is 2.